The largest absolute Gasteiger partial charge is 0.320 e. The maximum atomic E-state index is 12.9. The monoisotopic (exact) mass is 503 g/mol. The van der Waals surface area contributed by atoms with Crippen molar-refractivity contribution in [2.45, 2.75) is 0 Å². The van der Waals surface area contributed by atoms with Gasteiger partial charge in [-0.1, -0.05) is 0 Å². The molecule has 1 aromatic heterocycles. The van der Waals surface area contributed by atoms with Crippen molar-refractivity contribution >= 4 is 77.4 Å². The zero-order valence-corrected chi connectivity index (χ0v) is 14.8. The van der Waals surface area contributed by atoms with Gasteiger partial charge in [0.2, 0.25) is 0 Å². The molecule has 0 spiro atoms. The Morgan fingerprint density at radius 3 is 2.61 bits per heavy atom. The van der Waals surface area contributed by atoms with Gasteiger partial charge < -0.3 is 5.32 Å². The van der Waals surface area contributed by atoms with Crippen LogP contribution in [-0.2, 0) is 0 Å². The van der Waals surface area contributed by atoms with Gasteiger partial charge in [-0.15, -0.1) is 11.3 Å². The molecule has 7 heteroatoms. The van der Waals surface area contributed by atoms with Crippen LogP contribution in [0.25, 0.3) is 0 Å². The lowest BCUT2D eigenvalue weighted by Crippen LogP contribution is -2.11. The van der Waals surface area contributed by atoms with Crippen LogP contribution in [0.4, 0.5) is 10.1 Å². The lowest BCUT2D eigenvalue weighted by atomic mass is 10.3. The Hall–Kier alpha value is 0.01000. The minimum atomic E-state index is -0.320. The highest BCUT2D eigenvalue weighted by Crippen LogP contribution is 2.33. The lowest BCUT2D eigenvalue weighted by molar-refractivity contribution is 0.103. The summed E-state index contributed by atoms with van der Waals surface area (Å²) in [7, 11) is 0. The number of nitrogens with one attached hydrogen (secondary N) is 1. The van der Waals surface area contributed by atoms with Crippen molar-refractivity contribution in [2.24, 2.45) is 0 Å². The summed E-state index contributed by atoms with van der Waals surface area (Å²) < 4.78 is 15.3. The Morgan fingerprint density at radius 2 is 2.06 bits per heavy atom. The van der Waals surface area contributed by atoms with Crippen LogP contribution in [0.15, 0.2) is 32.5 Å². The van der Waals surface area contributed by atoms with Crippen LogP contribution >= 0.6 is 65.8 Å². The number of thiophene rings is 1. The highest BCUT2D eigenvalue weighted by molar-refractivity contribution is 14.1. The van der Waals surface area contributed by atoms with Gasteiger partial charge in [0.1, 0.15) is 5.82 Å². The number of benzene rings is 1. The fourth-order valence-corrected chi connectivity index (χ4v) is 3.78. The van der Waals surface area contributed by atoms with E-state index in [4.69, 9.17) is 0 Å². The first-order valence-corrected chi connectivity index (χ1v) is 8.16. The first-order chi connectivity index (χ1) is 8.47. The molecule has 0 saturated heterocycles. The summed E-state index contributed by atoms with van der Waals surface area (Å²) >= 11 is 9.97. The van der Waals surface area contributed by atoms with Crippen molar-refractivity contribution in [2.75, 3.05) is 5.32 Å². The molecular weight excluding hydrogens is 500 g/mol. The van der Waals surface area contributed by atoms with E-state index in [-0.39, 0.29) is 11.7 Å². The Balaban J connectivity index is 2.21. The first-order valence-electron chi connectivity index (χ1n) is 4.68. The maximum Gasteiger partial charge on any atom is 0.265 e. The number of carbonyl (C=O) groups is 1. The highest BCUT2D eigenvalue weighted by Gasteiger charge is 2.13. The topological polar surface area (TPSA) is 29.1 Å². The molecular formula is C11H5Br2FINOS. The molecule has 0 unspecified atom stereocenters. The second-order valence-electron chi connectivity index (χ2n) is 3.31. The van der Waals surface area contributed by atoms with Crippen LogP contribution in [0, 0.1) is 9.39 Å². The third-order valence-electron chi connectivity index (χ3n) is 2.05. The standard InChI is InChI=1S/C11H5Br2FINOS/c12-6-4-9(18-10(6)13)11(17)16-8-2-1-5(14)3-7(8)15/h1-4H,(H,16,17). The predicted octanol–water partition coefficient (Wildman–Crippen LogP) is 5.27. The average molecular weight is 505 g/mol. The molecule has 18 heavy (non-hydrogen) atoms. The molecule has 94 valence electrons. The van der Waals surface area contributed by atoms with Gasteiger partial charge in [-0.05, 0) is 78.7 Å². The minimum Gasteiger partial charge on any atom is -0.320 e. The van der Waals surface area contributed by atoms with Crippen molar-refractivity contribution in [3.05, 3.63) is 46.8 Å². The fourth-order valence-electron chi connectivity index (χ4n) is 1.23. The molecule has 0 atom stereocenters. The Labute approximate surface area is 137 Å². The molecule has 1 aromatic carbocycles. The van der Waals surface area contributed by atoms with Crippen LogP contribution in [-0.4, -0.2) is 5.91 Å². The number of rotatable bonds is 2. The number of hydrogen-bond acceptors (Lipinski definition) is 2. The SMILES string of the molecule is O=C(Nc1ccc(F)cc1I)c1cc(Br)c(Br)s1. The second-order valence-corrected chi connectivity index (χ2v) is 7.70. The van der Waals surface area contributed by atoms with Gasteiger partial charge in [0.15, 0.2) is 0 Å². The highest BCUT2D eigenvalue weighted by atomic mass is 127. The Kier molecular flexibility index (Phi) is 4.79. The fraction of sp³-hybridized carbons (Fsp3) is 0. The maximum absolute atomic E-state index is 12.9. The molecule has 1 heterocycles. The van der Waals surface area contributed by atoms with Gasteiger partial charge in [0.05, 0.1) is 14.4 Å². The lowest BCUT2D eigenvalue weighted by Gasteiger charge is -2.05. The van der Waals surface area contributed by atoms with E-state index in [1.807, 2.05) is 22.6 Å². The van der Waals surface area contributed by atoms with Crippen LogP contribution < -0.4 is 5.32 Å². The van der Waals surface area contributed by atoms with Crippen molar-refractivity contribution in [1.29, 1.82) is 0 Å². The molecule has 2 aromatic rings. The van der Waals surface area contributed by atoms with Gasteiger partial charge in [-0.2, -0.15) is 0 Å². The van der Waals surface area contributed by atoms with Crippen LogP contribution in [0.2, 0.25) is 0 Å². The van der Waals surface area contributed by atoms with Crippen LogP contribution in [0.1, 0.15) is 9.67 Å². The van der Waals surface area contributed by atoms with E-state index in [0.29, 0.717) is 14.1 Å². The average Bonchev–Trinajstić information content (AvgIpc) is 2.63. The van der Waals surface area contributed by atoms with Crippen LogP contribution in [0.5, 0.6) is 0 Å². The zero-order valence-electron chi connectivity index (χ0n) is 8.64. The van der Waals surface area contributed by atoms with Crippen molar-refractivity contribution in [3.8, 4) is 0 Å². The van der Waals surface area contributed by atoms with Crippen molar-refractivity contribution in [3.63, 3.8) is 0 Å². The van der Waals surface area contributed by atoms with Crippen molar-refractivity contribution in [1.82, 2.24) is 0 Å². The molecule has 0 saturated carbocycles. The van der Waals surface area contributed by atoms with Crippen molar-refractivity contribution < 1.29 is 9.18 Å². The Bertz CT molecular complexity index is 598. The molecule has 0 aliphatic rings. The van der Waals surface area contributed by atoms with Gasteiger partial charge >= 0.3 is 0 Å². The molecule has 0 bridgehead atoms. The van der Waals surface area contributed by atoms with E-state index >= 15 is 0 Å². The summed E-state index contributed by atoms with van der Waals surface area (Å²) in [6.45, 7) is 0. The summed E-state index contributed by atoms with van der Waals surface area (Å²) in [5.74, 6) is -0.532. The second kappa shape index (κ2) is 5.98. The van der Waals surface area contributed by atoms with E-state index in [1.54, 1.807) is 12.1 Å². The zero-order chi connectivity index (χ0) is 13.3. The summed E-state index contributed by atoms with van der Waals surface area (Å²) in [6, 6.07) is 5.97. The normalized spacial score (nSPS) is 10.4. The van der Waals surface area contributed by atoms with E-state index < -0.39 is 0 Å². The van der Waals surface area contributed by atoms with Crippen LogP contribution in [0.3, 0.4) is 0 Å². The number of hydrogen-bond donors (Lipinski definition) is 1. The molecule has 0 fully saturated rings. The molecule has 2 rings (SSSR count). The van der Waals surface area contributed by atoms with E-state index in [2.05, 4.69) is 37.2 Å². The quantitative estimate of drug-likeness (QED) is 0.555. The summed E-state index contributed by atoms with van der Waals surface area (Å²) in [5, 5.41) is 2.75. The minimum absolute atomic E-state index is 0.212. The van der Waals surface area contributed by atoms with Gasteiger partial charge in [0, 0.05) is 8.04 Å². The molecule has 2 nitrogen and oxygen atoms in total. The van der Waals surface area contributed by atoms with Gasteiger partial charge in [0.25, 0.3) is 5.91 Å². The first kappa shape index (κ1) is 14.4. The summed E-state index contributed by atoms with van der Waals surface area (Å²) in [4.78, 5) is 12.6. The van der Waals surface area contributed by atoms with E-state index in [0.717, 1.165) is 8.26 Å². The van der Waals surface area contributed by atoms with Gasteiger partial charge in [-0.3, -0.25) is 4.79 Å². The number of halogens is 4. The molecule has 1 amide bonds. The Morgan fingerprint density at radius 1 is 1.33 bits per heavy atom. The molecule has 0 aliphatic heterocycles. The smallest absolute Gasteiger partial charge is 0.265 e. The summed E-state index contributed by atoms with van der Waals surface area (Å²) in [5.41, 5.74) is 0.600. The number of carbonyl (C=O) groups excluding carboxylic acids is 1. The van der Waals surface area contributed by atoms with Gasteiger partial charge in [-0.25, -0.2) is 4.39 Å². The molecule has 1 N–H and O–H groups in total. The van der Waals surface area contributed by atoms with E-state index in [9.17, 15) is 9.18 Å². The van der Waals surface area contributed by atoms with E-state index in [1.165, 1.54) is 23.5 Å². The molecule has 0 aliphatic carbocycles. The number of amides is 1. The summed E-state index contributed by atoms with van der Waals surface area (Å²) in [6.07, 6.45) is 0. The predicted molar refractivity (Wildman–Crippen MR) is 86.8 cm³/mol. The third kappa shape index (κ3) is 3.31. The third-order valence-corrected chi connectivity index (χ3v) is 6.20. The number of anilines is 1. The molecule has 0 radical (unpaired) electrons.